The Morgan fingerprint density at radius 1 is 0.459 bits per heavy atom. The first-order chi connectivity index (χ1) is 17.8. The van der Waals surface area contributed by atoms with Crippen LogP contribution in [0.15, 0.2) is 97.1 Å². The SMILES string of the molecule is C[Si](C)(c1ccc2c(c1)C(=O)N(c1ccccc1)C2=O)c1ccc2c(c1)C(=O)N(c1ccccc1)C2=O. The van der Waals surface area contributed by atoms with Gasteiger partial charge in [-0.15, -0.1) is 0 Å². The maximum Gasteiger partial charge on any atom is 0.266 e. The molecule has 4 aromatic carbocycles. The van der Waals surface area contributed by atoms with E-state index in [-0.39, 0.29) is 23.6 Å². The molecule has 0 saturated carbocycles. The van der Waals surface area contributed by atoms with E-state index in [1.807, 2.05) is 36.4 Å². The lowest BCUT2D eigenvalue weighted by molar-refractivity contribution is 0.0910. The molecule has 6 rings (SSSR count). The van der Waals surface area contributed by atoms with E-state index in [1.165, 1.54) is 9.80 Å². The number of imide groups is 2. The lowest BCUT2D eigenvalue weighted by Gasteiger charge is -2.24. The van der Waals surface area contributed by atoms with E-state index < -0.39 is 8.07 Å². The summed E-state index contributed by atoms with van der Waals surface area (Å²) in [5.74, 6) is -1.35. The molecule has 2 aliphatic rings. The third-order valence-corrected chi connectivity index (χ3v) is 10.8. The number of rotatable bonds is 4. The first kappa shape index (κ1) is 22.8. The van der Waals surface area contributed by atoms with Crippen molar-refractivity contribution in [1.29, 1.82) is 0 Å². The predicted octanol–water partition coefficient (Wildman–Crippen LogP) is 4.11. The van der Waals surface area contributed by atoms with Crippen molar-refractivity contribution in [3.8, 4) is 0 Å². The van der Waals surface area contributed by atoms with Crippen molar-refractivity contribution in [2.24, 2.45) is 0 Å². The lowest BCUT2D eigenvalue weighted by atomic mass is 10.1. The average Bonchev–Trinajstić information content (AvgIpc) is 3.33. The van der Waals surface area contributed by atoms with Crippen LogP contribution in [0.5, 0.6) is 0 Å². The Hall–Kier alpha value is -4.62. The molecule has 0 aliphatic carbocycles. The number of anilines is 2. The molecule has 0 saturated heterocycles. The fraction of sp³-hybridized carbons (Fsp3) is 0.0667. The first-order valence-corrected chi connectivity index (χ1v) is 15.0. The number of para-hydroxylation sites is 2. The van der Waals surface area contributed by atoms with Crippen molar-refractivity contribution in [2.45, 2.75) is 13.1 Å². The third kappa shape index (κ3) is 3.39. The first-order valence-electron chi connectivity index (χ1n) is 12.0. The lowest BCUT2D eigenvalue weighted by Crippen LogP contribution is -2.53. The van der Waals surface area contributed by atoms with Gasteiger partial charge >= 0.3 is 0 Å². The summed E-state index contributed by atoms with van der Waals surface area (Å²) >= 11 is 0. The molecular weight excluding hydrogens is 480 g/mol. The van der Waals surface area contributed by atoms with Gasteiger partial charge in [0.1, 0.15) is 8.07 Å². The van der Waals surface area contributed by atoms with Gasteiger partial charge in [0.25, 0.3) is 23.6 Å². The second-order valence-corrected chi connectivity index (χ2v) is 14.1. The molecule has 0 N–H and O–H groups in total. The van der Waals surface area contributed by atoms with Crippen LogP contribution in [0, 0.1) is 0 Å². The second-order valence-electron chi connectivity index (χ2n) is 9.71. The monoisotopic (exact) mass is 502 g/mol. The number of amides is 4. The number of fused-ring (bicyclic) bond motifs is 2. The van der Waals surface area contributed by atoms with Gasteiger partial charge in [0.15, 0.2) is 0 Å². The summed E-state index contributed by atoms with van der Waals surface area (Å²) in [5.41, 5.74) is 2.61. The summed E-state index contributed by atoms with van der Waals surface area (Å²) in [5, 5.41) is 1.91. The zero-order valence-electron chi connectivity index (χ0n) is 20.3. The second kappa shape index (κ2) is 8.21. The highest BCUT2D eigenvalue weighted by atomic mass is 28.3. The summed E-state index contributed by atoms with van der Waals surface area (Å²) in [6.45, 7) is 4.26. The van der Waals surface area contributed by atoms with Gasteiger partial charge in [-0.25, -0.2) is 9.80 Å². The van der Waals surface area contributed by atoms with Gasteiger partial charge in [-0.2, -0.15) is 0 Å². The quantitative estimate of drug-likeness (QED) is 0.311. The van der Waals surface area contributed by atoms with E-state index in [0.717, 1.165) is 10.4 Å². The molecule has 0 atom stereocenters. The maximum atomic E-state index is 13.3. The van der Waals surface area contributed by atoms with E-state index in [0.29, 0.717) is 33.6 Å². The van der Waals surface area contributed by atoms with E-state index in [2.05, 4.69) is 13.1 Å². The Labute approximate surface area is 214 Å². The van der Waals surface area contributed by atoms with Gasteiger partial charge in [0.2, 0.25) is 0 Å². The minimum absolute atomic E-state index is 0.333. The molecule has 37 heavy (non-hydrogen) atoms. The Balaban J connectivity index is 1.36. The van der Waals surface area contributed by atoms with Gasteiger partial charge in [-0.05, 0) is 48.5 Å². The summed E-state index contributed by atoms with van der Waals surface area (Å²) < 4.78 is 0. The standard InChI is InChI=1S/C30H22N2O4Si/c1-37(2,21-13-15-23-25(17-21)29(35)31(27(23)33)19-9-5-3-6-10-19)22-14-16-24-26(18-22)30(36)32(28(24)34)20-11-7-4-8-12-20/h3-18H,1-2H3. The van der Waals surface area contributed by atoms with Crippen molar-refractivity contribution < 1.29 is 19.2 Å². The van der Waals surface area contributed by atoms with Crippen molar-refractivity contribution >= 4 is 53.5 Å². The third-order valence-electron chi connectivity index (χ3n) is 7.25. The minimum atomic E-state index is -2.41. The Bertz CT molecular complexity index is 1510. The Kier molecular flexibility index (Phi) is 5.06. The van der Waals surface area contributed by atoms with Gasteiger partial charge in [-0.3, -0.25) is 19.2 Å². The minimum Gasteiger partial charge on any atom is -0.268 e. The van der Waals surface area contributed by atoms with Gasteiger partial charge in [-0.1, -0.05) is 72.0 Å². The van der Waals surface area contributed by atoms with Crippen molar-refractivity contribution in [2.75, 3.05) is 9.80 Å². The molecule has 0 spiro atoms. The van der Waals surface area contributed by atoms with Crippen LogP contribution in [0.25, 0.3) is 0 Å². The number of hydrogen-bond donors (Lipinski definition) is 0. The van der Waals surface area contributed by atoms with Crippen LogP contribution in [-0.4, -0.2) is 31.7 Å². The molecule has 0 bridgehead atoms. The van der Waals surface area contributed by atoms with Gasteiger partial charge < -0.3 is 0 Å². The Morgan fingerprint density at radius 2 is 0.811 bits per heavy atom. The highest BCUT2D eigenvalue weighted by Gasteiger charge is 2.40. The smallest absolute Gasteiger partial charge is 0.266 e. The molecular formula is C30H22N2O4Si. The molecule has 4 aromatic rings. The number of nitrogens with zero attached hydrogens (tertiary/aromatic N) is 2. The molecule has 6 nitrogen and oxygen atoms in total. The molecule has 0 unspecified atom stereocenters. The number of hydrogen-bond acceptors (Lipinski definition) is 4. The molecule has 0 radical (unpaired) electrons. The Morgan fingerprint density at radius 3 is 1.19 bits per heavy atom. The number of carbonyl (C=O) groups is 4. The zero-order valence-corrected chi connectivity index (χ0v) is 21.3. The largest absolute Gasteiger partial charge is 0.268 e. The fourth-order valence-electron chi connectivity index (χ4n) is 5.05. The molecule has 7 heteroatoms. The summed E-state index contributed by atoms with van der Waals surface area (Å²) in [7, 11) is -2.41. The molecule has 4 amide bonds. The van der Waals surface area contributed by atoms with Crippen LogP contribution >= 0.6 is 0 Å². The molecule has 2 heterocycles. The van der Waals surface area contributed by atoms with E-state index >= 15 is 0 Å². The summed E-state index contributed by atoms with van der Waals surface area (Å²) in [6, 6.07) is 28.7. The van der Waals surface area contributed by atoms with Crippen molar-refractivity contribution in [1.82, 2.24) is 0 Å². The zero-order chi connectivity index (χ0) is 25.9. The summed E-state index contributed by atoms with van der Waals surface area (Å²) in [4.78, 5) is 55.0. The van der Waals surface area contributed by atoms with Crippen LogP contribution in [0.1, 0.15) is 41.4 Å². The van der Waals surface area contributed by atoms with Crippen LogP contribution in [0.4, 0.5) is 11.4 Å². The molecule has 2 aliphatic heterocycles. The van der Waals surface area contributed by atoms with Crippen molar-refractivity contribution in [3.63, 3.8) is 0 Å². The topological polar surface area (TPSA) is 74.8 Å². The predicted molar refractivity (Wildman–Crippen MR) is 145 cm³/mol. The van der Waals surface area contributed by atoms with E-state index in [1.54, 1.807) is 60.7 Å². The van der Waals surface area contributed by atoms with E-state index in [4.69, 9.17) is 0 Å². The van der Waals surface area contributed by atoms with Gasteiger partial charge in [0.05, 0.1) is 33.6 Å². The van der Waals surface area contributed by atoms with Crippen LogP contribution < -0.4 is 20.2 Å². The molecule has 180 valence electrons. The normalized spacial score (nSPS) is 14.9. The van der Waals surface area contributed by atoms with E-state index in [9.17, 15) is 19.2 Å². The maximum absolute atomic E-state index is 13.3. The van der Waals surface area contributed by atoms with Gasteiger partial charge in [0, 0.05) is 0 Å². The summed E-state index contributed by atoms with van der Waals surface area (Å²) in [6.07, 6.45) is 0. The fourth-order valence-corrected chi connectivity index (χ4v) is 7.39. The van der Waals surface area contributed by atoms with Crippen LogP contribution in [0.2, 0.25) is 13.1 Å². The molecule has 0 aromatic heterocycles. The van der Waals surface area contributed by atoms with Crippen molar-refractivity contribution in [3.05, 3.63) is 119 Å². The average molecular weight is 503 g/mol. The van der Waals surface area contributed by atoms with Crippen LogP contribution in [0.3, 0.4) is 0 Å². The molecule has 0 fully saturated rings. The van der Waals surface area contributed by atoms with Crippen LogP contribution in [-0.2, 0) is 0 Å². The highest BCUT2D eigenvalue weighted by molar-refractivity contribution is 7.00. The number of benzene rings is 4. The highest BCUT2D eigenvalue weighted by Crippen LogP contribution is 2.30. The number of carbonyl (C=O) groups excluding carboxylic acids is 4.